The predicted octanol–water partition coefficient (Wildman–Crippen LogP) is 4.31. The molecule has 0 unspecified atom stereocenters. The van der Waals surface area contributed by atoms with Crippen LogP contribution < -0.4 is 0 Å². The van der Waals surface area contributed by atoms with E-state index >= 15 is 0 Å². The van der Waals surface area contributed by atoms with Gasteiger partial charge >= 0.3 is 0 Å². The van der Waals surface area contributed by atoms with Gasteiger partial charge in [-0.2, -0.15) is 0 Å². The highest BCUT2D eigenvalue weighted by atomic mass is 16.3. The quantitative estimate of drug-likeness (QED) is 0.742. The summed E-state index contributed by atoms with van der Waals surface area (Å²) in [7, 11) is 0. The van der Waals surface area contributed by atoms with Crippen molar-refractivity contribution >= 4 is 0 Å². The first-order chi connectivity index (χ1) is 9.77. The highest BCUT2D eigenvalue weighted by Gasteiger charge is 2.53. The minimum absolute atomic E-state index is 0.104. The number of aliphatic hydroxyl groups is 2. The summed E-state index contributed by atoms with van der Waals surface area (Å²) in [5.74, 6) is 1.31. The Morgan fingerprint density at radius 1 is 1.24 bits per heavy atom. The van der Waals surface area contributed by atoms with Gasteiger partial charge in [0.25, 0.3) is 0 Å². The summed E-state index contributed by atoms with van der Waals surface area (Å²) in [5, 5.41) is 20.2. The smallest absolute Gasteiger partial charge is 0.0797 e. The molecule has 2 nitrogen and oxygen atoms in total. The Kier molecular flexibility index (Phi) is 4.90. The Hall–Kier alpha value is -0.340. The molecule has 21 heavy (non-hydrogen) atoms. The molecule has 5 atom stereocenters. The monoisotopic (exact) mass is 294 g/mol. The van der Waals surface area contributed by atoms with Crippen LogP contribution in [0, 0.1) is 22.7 Å². The summed E-state index contributed by atoms with van der Waals surface area (Å²) < 4.78 is 0. The van der Waals surface area contributed by atoms with Gasteiger partial charge in [-0.25, -0.2) is 0 Å². The number of fused-ring (bicyclic) bond motifs is 1. The van der Waals surface area contributed by atoms with Gasteiger partial charge in [0.1, 0.15) is 0 Å². The first kappa shape index (κ1) is 17.0. The normalized spacial score (nSPS) is 42.9. The van der Waals surface area contributed by atoms with Crippen molar-refractivity contribution in [2.45, 2.75) is 77.7 Å². The van der Waals surface area contributed by atoms with Crippen LogP contribution >= 0.6 is 0 Å². The lowest BCUT2D eigenvalue weighted by atomic mass is 9.47. The Morgan fingerprint density at radius 2 is 1.95 bits per heavy atom. The second-order valence-electron chi connectivity index (χ2n) is 8.45. The van der Waals surface area contributed by atoms with Crippen LogP contribution in [0.15, 0.2) is 12.7 Å². The Labute approximate surface area is 130 Å². The van der Waals surface area contributed by atoms with Crippen LogP contribution in [-0.4, -0.2) is 22.4 Å². The minimum atomic E-state index is -0.738. The molecule has 0 aromatic carbocycles. The number of hydrogen-bond acceptors (Lipinski definition) is 2. The van der Waals surface area contributed by atoms with E-state index in [1.807, 2.05) is 6.92 Å². The van der Waals surface area contributed by atoms with Crippen LogP contribution in [0.25, 0.3) is 0 Å². The number of hydrogen-bond donors (Lipinski definition) is 2. The molecule has 2 aliphatic carbocycles. The van der Waals surface area contributed by atoms with Gasteiger partial charge in [0.05, 0.1) is 5.60 Å². The van der Waals surface area contributed by atoms with E-state index in [1.54, 1.807) is 6.08 Å². The Bertz CT molecular complexity index is 376. The average molecular weight is 294 g/mol. The molecule has 2 N–H and O–H groups in total. The van der Waals surface area contributed by atoms with E-state index in [4.69, 9.17) is 0 Å². The molecule has 2 saturated carbocycles. The van der Waals surface area contributed by atoms with E-state index in [2.05, 4.69) is 20.4 Å². The van der Waals surface area contributed by atoms with E-state index in [9.17, 15) is 10.2 Å². The average Bonchev–Trinajstić information content (AvgIpc) is 2.45. The van der Waals surface area contributed by atoms with Crippen molar-refractivity contribution in [3.63, 3.8) is 0 Å². The van der Waals surface area contributed by atoms with Gasteiger partial charge in [0.2, 0.25) is 0 Å². The summed E-state index contributed by atoms with van der Waals surface area (Å²) in [6.45, 7) is 10.7. The van der Waals surface area contributed by atoms with E-state index in [0.29, 0.717) is 23.9 Å². The molecule has 2 rings (SSSR count). The third-order valence-electron chi connectivity index (χ3n) is 6.88. The van der Waals surface area contributed by atoms with Crippen molar-refractivity contribution in [1.82, 2.24) is 0 Å². The van der Waals surface area contributed by atoms with Crippen molar-refractivity contribution in [3.8, 4) is 0 Å². The zero-order valence-electron chi connectivity index (χ0n) is 14.2. The highest BCUT2D eigenvalue weighted by molar-refractivity contribution is 5.03. The van der Waals surface area contributed by atoms with Gasteiger partial charge in [-0.05, 0) is 68.1 Å². The minimum Gasteiger partial charge on any atom is -0.396 e. The number of rotatable bonds is 5. The third kappa shape index (κ3) is 3.22. The largest absolute Gasteiger partial charge is 0.396 e. The summed E-state index contributed by atoms with van der Waals surface area (Å²) in [4.78, 5) is 0. The zero-order chi connectivity index (χ0) is 15.7. The Balaban J connectivity index is 2.14. The first-order valence-electron chi connectivity index (χ1n) is 8.74. The fourth-order valence-electron chi connectivity index (χ4n) is 5.31. The molecule has 2 aliphatic rings. The molecule has 0 heterocycles. The number of aliphatic hydroxyl groups excluding tert-OH is 1. The molecule has 2 heteroatoms. The molecular weight excluding hydrogens is 260 g/mol. The van der Waals surface area contributed by atoms with Crippen molar-refractivity contribution in [2.75, 3.05) is 6.61 Å². The molecule has 0 saturated heterocycles. The molecule has 122 valence electrons. The van der Waals surface area contributed by atoms with Crippen LogP contribution in [0.4, 0.5) is 0 Å². The van der Waals surface area contributed by atoms with Gasteiger partial charge in [-0.15, -0.1) is 6.58 Å². The van der Waals surface area contributed by atoms with Gasteiger partial charge in [0.15, 0.2) is 0 Å². The third-order valence-corrected chi connectivity index (χ3v) is 6.88. The van der Waals surface area contributed by atoms with Crippen molar-refractivity contribution < 1.29 is 10.2 Å². The summed E-state index contributed by atoms with van der Waals surface area (Å²) >= 11 is 0. The fourth-order valence-corrected chi connectivity index (χ4v) is 5.31. The molecule has 0 aromatic rings. The summed E-state index contributed by atoms with van der Waals surface area (Å²) in [6, 6.07) is 0. The summed E-state index contributed by atoms with van der Waals surface area (Å²) in [5.41, 5.74) is -0.296. The molecule has 0 bridgehead atoms. The van der Waals surface area contributed by atoms with Crippen LogP contribution in [0.2, 0.25) is 0 Å². The zero-order valence-corrected chi connectivity index (χ0v) is 14.2. The lowest BCUT2D eigenvalue weighted by Crippen LogP contribution is -2.51. The van der Waals surface area contributed by atoms with Crippen LogP contribution in [0.3, 0.4) is 0 Å². The van der Waals surface area contributed by atoms with Crippen molar-refractivity contribution in [2.24, 2.45) is 22.7 Å². The Morgan fingerprint density at radius 3 is 2.57 bits per heavy atom. The van der Waals surface area contributed by atoms with Gasteiger partial charge < -0.3 is 10.2 Å². The summed E-state index contributed by atoms with van der Waals surface area (Å²) in [6.07, 6.45) is 11.1. The van der Waals surface area contributed by atoms with E-state index < -0.39 is 5.60 Å². The van der Waals surface area contributed by atoms with Gasteiger partial charge in [-0.3, -0.25) is 0 Å². The molecule has 0 aromatic heterocycles. The molecular formula is C19H34O2. The first-order valence-corrected chi connectivity index (χ1v) is 8.74. The van der Waals surface area contributed by atoms with E-state index in [0.717, 1.165) is 12.8 Å². The standard InChI is InChI=1S/C19H34O2/c1-5-18(3,21)13-10-15-8-6-9-16-17(2,14-20)11-7-12-19(15,16)4/h5,15-16,20-21H,1,6-14H2,2-4H3/t15-,16+,17+,18-,19+/m1/s1. The molecule has 0 aliphatic heterocycles. The molecule has 0 amide bonds. The maximum Gasteiger partial charge on any atom is 0.0797 e. The maximum absolute atomic E-state index is 10.2. The van der Waals surface area contributed by atoms with Gasteiger partial charge in [-0.1, -0.05) is 32.8 Å². The molecule has 0 radical (unpaired) electrons. The van der Waals surface area contributed by atoms with E-state index in [-0.39, 0.29) is 5.41 Å². The lowest BCUT2D eigenvalue weighted by Gasteiger charge is -2.58. The lowest BCUT2D eigenvalue weighted by molar-refractivity contribution is -0.105. The highest BCUT2D eigenvalue weighted by Crippen LogP contribution is 2.60. The predicted molar refractivity (Wildman–Crippen MR) is 88.0 cm³/mol. The van der Waals surface area contributed by atoms with Crippen LogP contribution in [0.1, 0.15) is 72.1 Å². The van der Waals surface area contributed by atoms with Crippen molar-refractivity contribution in [1.29, 1.82) is 0 Å². The fraction of sp³-hybridized carbons (Fsp3) is 0.895. The SMILES string of the molecule is C=C[C@@](C)(O)CC[C@H]1CCC[C@H]2[C@](C)(CO)CCC[C@@]12C. The molecule has 2 fully saturated rings. The van der Waals surface area contributed by atoms with Gasteiger partial charge in [0, 0.05) is 6.61 Å². The van der Waals surface area contributed by atoms with E-state index in [1.165, 1.54) is 38.5 Å². The molecule has 0 spiro atoms. The second kappa shape index (κ2) is 6.04. The second-order valence-corrected chi connectivity index (χ2v) is 8.45. The maximum atomic E-state index is 10.2. The van der Waals surface area contributed by atoms with Crippen LogP contribution in [-0.2, 0) is 0 Å². The topological polar surface area (TPSA) is 40.5 Å². The van der Waals surface area contributed by atoms with Crippen molar-refractivity contribution in [3.05, 3.63) is 12.7 Å². The van der Waals surface area contributed by atoms with Crippen LogP contribution in [0.5, 0.6) is 0 Å².